The van der Waals surface area contributed by atoms with Crippen molar-refractivity contribution in [1.82, 2.24) is 0 Å². The Bertz CT molecular complexity index is 618. The summed E-state index contributed by atoms with van der Waals surface area (Å²) < 4.78 is 38.2. The van der Waals surface area contributed by atoms with Gasteiger partial charge in [0.15, 0.2) is 0 Å². The first kappa shape index (κ1) is 17.6. The predicted octanol–water partition coefficient (Wildman–Crippen LogP) is 4.19. The average Bonchev–Trinajstić information content (AvgIpc) is 2.48. The highest BCUT2D eigenvalue weighted by Gasteiger charge is 2.36. The summed E-state index contributed by atoms with van der Waals surface area (Å²) in [4.78, 5) is 23.5. The van der Waals surface area contributed by atoms with E-state index in [2.05, 4.69) is 5.32 Å². The van der Waals surface area contributed by atoms with E-state index >= 15 is 0 Å². The topological polar surface area (TPSA) is 66.4 Å². The van der Waals surface area contributed by atoms with Crippen LogP contribution in [0, 0.1) is 11.8 Å². The number of carbonyl (C=O) groups is 2. The lowest BCUT2D eigenvalue weighted by atomic mass is 9.78. The summed E-state index contributed by atoms with van der Waals surface area (Å²) in [6.45, 7) is 0. The van der Waals surface area contributed by atoms with Gasteiger partial charge in [0.2, 0.25) is 5.91 Å². The summed E-state index contributed by atoms with van der Waals surface area (Å²) in [6.07, 6.45) is -2.37. The summed E-state index contributed by atoms with van der Waals surface area (Å²) in [5.41, 5.74) is -1.10. The second-order valence-electron chi connectivity index (χ2n) is 5.52. The summed E-state index contributed by atoms with van der Waals surface area (Å²) in [5.74, 6) is -3.28. The molecule has 0 bridgehead atoms. The van der Waals surface area contributed by atoms with Crippen molar-refractivity contribution in [2.45, 2.75) is 31.9 Å². The molecule has 8 heteroatoms. The number of benzene rings is 1. The summed E-state index contributed by atoms with van der Waals surface area (Å²) in [6, 6.07) is 2.62. The van der Waals surface area contributed by atoms with Gasteiger partial charge in [0, 0.05) is 0 Å². The lowest BCUT2D eigenvalue weighted by molar-refractivity contribution is -0.147. The van der Waals surface area contributed by atoms with Crippen LogP contribution >= 0.6 is 11.6 Å². The molecular formula is C15H15ClF3NO3. The first-order valence-electron chi connectivity index (χ1n) is 7.10. The van der Waals surface area contributed by atoms with Crippen molar-refractivity contribution < 1.29 is 27.9 Å². The normalized spacial score (nSPS) is 21.7. The maximum absolute atomic E-state index is 12.7. The van der Waals surface area contributed by atoms with E-state index in [1.807, 2.05) is 0 Å². The standard InChI is InChI=1S/C15H15ClF3NO3/c16-11-6-5-8(15(17,18)19)7-12(11)20-13(21)9-3-1-2-4-10(9)14(22)23/h5-7,9-10H,1-4H2,(H,20,21)(H,22,23)/t9-,10-/m0/s1. The van der Waals surface area contributed by atoms with Gasteiger partial charge in [0.05, 0.1) is 28.1 Å². The number of carboxylic acid groups (broad SMARTS) is 1. The van der Waals surface area contributed by atoms with E-state index in [0.29, 0.717) is 25.7 Å². The van der Waals surface area contributed by atoms with Gasteiger partial charge in [-0.2, -0.15) is 13.2 Å². The van der Waals surface area contributed by atoms with Gasteiger partial charge in [0.1, 0.15) is 0 Å². The molecule has 1 amide bonds. The van der Waals surface area contributed by atoms with Gasteiger partial charge in [-0.25, -0.2) is 0 Å². The van der Waals surface area contributed by atoms with Crippen molar-refractivity contribution in [3.63, 3.8) is 0 Å². The molecule has 23 heavy (non-hydrogen) atoms. The molecule has 1 saturated carbocycles. The molecule has 0 aliphatic heterocycles. The van der Waals surface area contributed by atoms with E-state index < -0.39 is 35.5 Å². The fraction of sp³-hybridized carbons (Fsp3) is 0.467. The largest absolute Gasteiger partial charge is 0.481 e. The fourth-order valence-corrected chi connectivity index (χ4v) is 2.93. The molecule has 126 valence electrons. The van der Waals surface area contributed by atoms with Crippen LogP contribution in [0.1, 0.15) is 31.2 Å². The quantitative estimate of drug-likeness (QED) is 0.860. The Morgan fingerprint density at radius 3 is 2.35 bits per heavy atom. The van der Waals surface area contributed by atoms with Gasteiger partial charge in [-0.05, 0) is 31.0 Å². The Hall–Kier alpha value is -1.76. The maximum atomic E-state index is 12.7. The van der Waals surface area contributed by atoms with E-state index in [4.69, 9.17) is 11.6 Å². The highest BCUT2D eigenvalue weighted by molar-refractivity contribution is 6.33. The highest BCUT2D eigenvalue weighted by atomic mass is 35.5. The molecule has 0 heterocycles. The number of carboxylic acids is 1. The van der Waals surface area contributed by atoms with Crippen LogP contribution in [0.3, 0.4) is 0 Å². The van der Waals surface area contributed by atoms with E-state index in [-0.39, 0.29) is 10.7 Å². The number of rotatable bonds is 3. The molecule has 0 unspecified atom stereocenters. The molecule has 1 fully saturated rings. The number of amides is 1. The highest BCUT2D eigenvalue weighted by Crippen LogP contribution is 2.35. The zero-order chi connectivity index (χ0) is 17.2. The zero-order valence-corrected chi connectivity index (χ0v) is 12.7. The van der Waals surface area contributed by atoms with Crippen molar-refractivity contribution in [2.75, 3.05) is 5.32 Å². The number of aliphatic carboxylic acids is 1. The Morgan fingerprint density at radius 1 is 1.17 bits per heavy atom. The van der Waals surface area contributed by atoms with Gasteiger partial charge in [-0.15, -0.1) is 0 Å². The second-order valence-corrected chi connectivity index (χ2v) is 5.92. The van der Waals surface area contributed by atoms with Crippen LogP contribution in [0.5, 0.6) is 0 Å². The molecule has 0 spiro atoms. The Labute approximate surface area is 135 Å². The van der Waals surface area contributed by atoms with E-state index in [1.54, 1.807) is 0 Å². The lowest BCUT2D eigenvalue weighted by Crippen LogP contribution is -2.36. The summed E-state index contributed by atoms with van der Waals surface area (Å²) >= 11 is 5.83. The first-order valence-corrected chi connectivity index (χ1v) is 7.48. The third kappa shape index (κ3) is 4.16. The number of hydrogen-bond acceptors (Lipinski definition) is 2. The number of anilines is 1. The van der Waals surface area contributed by atoms with Crippen LogP contribution in [0.15, 0.2) is 18.2 Å². The smallest absolute Gasteiger partial charge is 0.416 e. The minimum absolute atomic E-state index is 0.0333. The first-order chi connectivity index (χ1) is 10.7. The minimum atomic E-state index is -4.56. The molecule has 0 saturated heterocycles. The van der Waals surface area contributed by atoms with Crippen LogP contribution < -0.4 is 5.32 Å². The fourth-order valence-electron chi connectivity index (χ4n) is 2.76. The molecule has 1 aliphatic carbocycles. The van der Waals surface area contributed by atoms with Crippen LogP contribution in [-0.2, 0) is 15.8 Å². The van der Waals surface area contributed by atoms with E-state index in [0.717, 1.165) is 18.2 Å². The Morgan fingerprint density at radius 2 is 1.78 bits per heavy atom. The van der Waals surface area contributed by atoms with Gasteiger partial charge < -0.3 is 10.4 Å². The predicted molar refractivity (Wildman–Crippen MR) is 78.2 cm³/mol. The molecule has 2 rings (SSSR count). The summed E-state index contributed by atoms with van der Waals surface area (Å²) in [7, 11) is 0. The zero-order valence-electron chi connectivity index (χ0n) is 12.0. The Kier molecular flexibility index (Phi) is 5.19. The maximum Gasteiger partial charge on any atom is 0.416 e. The molecule has 2 atom stereocenters. The van der Waals surface area contributed by atoms with Crippen molar-refractivity contribution in [2.24, 2.45) is 11.8 Å². The monoisotopic (exact) mass is 349 g/mol. The van der Waals surface area contributed by atoms with E-state index in [9.17, 15) is 27.9 Å². The number of nitrogens with one attached hydrogen (secondary N) is 1. The third-order valence-corrected chi connectivity index (χ3v) is 4.30. The lowest BCUT2D eigenvalue weighted by Gasteiger charge is -2.27. The number of hydrogen-bond donors (Lipinski definition) is 2. The minimum Gasteiger partial charge on any atom is -0.481 e. The van der Waals surface area contributed by atoms with E-state index in [1.165, 1.54) is 0 Å². The molecule has 4 nitrogen and oxygen atoms in total. The summed E-state index contributed by atoms with van der Waals surface area (Å²) in [5, 5.41) is 11.5. The number of halogens is 4. The van der Waals surface area contributed by atoms with Gasteiger partial charge >= 0.3 is 12.1 Å². The molecule has 2 N–H and O–H groups in total. The number of alkyl halides is 3. The van der Waals surface area contributed by atoms with Gasteiger partial charge in [0.25, 0.3) is 0 Å². The van der Waals surface area contributed by atoms with Gasteiger partial charge in [-0.1, -0.05) is 24.4 Å². The number of carbonyl (C=O) groups excluding carboxylic acids is 1. The van der Waals surface area contributed by atoms with Gasteiger partial charge in [-0.3, -0.25) is 9.59 Å². The van der Waals surface area contributed by atoms with Crippen molar-refractivity contribution in [1.29, 1.82) is 0 Å². The van der Waals surface area contributed by atoms with Crippen LogP contribution in [0.25, 0.3) is 0 Å². The van der Waals surface area contributed by atoms with Crippen LogP contribution in [-0.4, -0.2) is 17.0 Å². The molecule has 1 aromatic rings. The Balaban J connectivity index is 2.20. The molecule has 0 aromatic heterocycles. The second kappa shape index (κ2) is 6.78. The van der Waals surface area contributed by atoms with Crippen LogP contribution in [0.2, 0.25) is 5.02 Å². The molecule has 0 radical (unpaired) electrons. The van der Waals surface area contributed by atoms with Crippen molar-refractivity contribution >= 4 is 29.2 Å². The van der Waals surface area contributed by atoms with Crippen LogP contribution in [0.4, 0.5) is 18.9 Å². The molecule has 1 aromatic carbocycles. The molecule has 1 aliphatic rings. The SMILES string of the molecule is O=C(O)[C@H]1CCCC[C@@H]1C(=O)Nc1cc(C(F)(F)F)ccc1Cl. The molecular weight excluding hydrogens is 335 g/mol. The average molecular weight is 350 g/mol. The van der Waals surface area contributed by atoms with Crippen molar-refractivity contribution in [3.05, 3.63) is 28.8 Å². The van der Waals surface area contributed by atoms with Crippen molar-refractivity contribution in [3.8, 4) is 0 Å². The third-order valence-electron chi connectivity index (χ3n) is 3.97.